The van der Waals surface area contributed by atoms with Crippen molar-refractivity contribution >= 4 is 0 Å². The van der Waals surface area contributed by atoms with Crippen LogP contribution in [0.1, 0.15) is 29.7 Å². The van der Waals surface area contributed by atoms with Crippen LogP contribution in [0.15, 0.2) is 72.8 Å². The van der Waals surface area contributed by atoms with Gasteiger partial charge in [0.25, 0.3) is 0 Å². The lowest BCUT2D eigenvalue weighted by Crippen LogP contribution is -2.18. The minimum atomic E-state index is -0.254. The van der Waals surface area contributed by atoms with Crippen LogP contribution in [0.5, 0.6) is 11.5 Å². The molecule has 0 aliphatic rings. The Morgan fingerprint density at radius 3 is 2.37 bits per heavy atom. The summed E-state index contributed by atoms with van der Waals surface area (Å²) < 4.78 is 24.6. The van der Waals surface area contributed by atoms with Gasteiger partial charge in [-0.2, -0.15) is 0 Å². The van der Waals surface area contributed by atoms with Crippen molar-refractivity contribution in [1.82, 2.24) is 5.32 Å². The minimum absolute atomic E-state index is 0.211. The van der Waals surface area contributed by atoms with Gasteiger partial charge in [0.15, 0.2) is 11.5 Å². The summed E-state index contributed by atoms with van der Waals surface area (Å²) in [6, 6.07) is 22.7. The summed E-state index contributed by atoms with van der Waals surface area (Å²) in [5.74, 6) is 1.14. The van der Waals surface area contributed by atoms with E-state index in [1.54, 1.807) is 19.2 Å². The van der Waals surface area contributed by atoms with Crippen LogP contribution in [0, 0.1) is 5.82 Å². The van der Waals surface area contributed by atoms with Crippen molar-refractivity contribution in [1.29, 1.82) is 0 Å². The number of methoxy groups -OCH3 is 1. The lowest BCUT2D eigenvalue weighted by Gasteiger charge is -2.18. The van der Waals surface area contributed by atoms with Gasteiger partial charge in [0.05, 0.1) is 7.11 Å². The quantitative estimate of drug-likeness (QED) is 0.590. The van der Waals surface area contributed by atoms with E-state index < -0.39 is 0 Å². The molecule has 0 spiro atoms. The van der Waals surface area contributed by atoms with Crippen molar-refractivity contribution in [3.8, 4) is 11.5 Å². The summed E-state index contributed by atoms with van der Waals surface area (Å²) in [5, 5.41) is 3.53. The number of ether oxygens (including phenoxy) is 2. The summed E-state index contributed by atoms with van der Waals surface area (Å²) in [5.41, 5.74) is 3.15. The number of hydrogen-bond acceptors (Lipinski definition) is 3. The fourth-order valence-electron chi connectivity index (χ4n) is 2.88. The van der Waals surface area contributed by atoms with Gasteiger partial charge in [-0.1, -0.05) is 54.6 Å². The monoisotopic (exact) mass is 365 g/mol. The van der Waals surface area contributed by atoms with Gasteiger partial charge in [-0.15, -0.1) is 0 Å². The molecule has 3 aromatic carbocycles. The molecule has 140 valence electrons. The van der Waals surface area contributed by atoms with Gasteiger partial charge in [0.2, 0.25) is 0 Å². The largest absolute Gasteiger partial charge is 0.493 e. The van der Waals surface area contributed by atoms with Crippen LogP contribution >= 0.6 is 0 Å². The first-order valence-electron chi connectivity index (χ1n) is 8.99. The molecule has 0 radical (unpaired) electrons. The highest BCUT2D eigenvalue weighted by molar-refractivity contribution is 5.46. The average Bonchev–Trinajstić information content (AvgIpc) is 2.72. The van der Waals surface area contributed by atoms with Crippen molar-refractivity contribution < 1.29 is 13.9 Å². The molecule has 3 aromatic rings. The Bertz CT molecular complexity index is 850. The van der Waals surface area contributed by atoms with E-state index in [1.807, 2.05) is 36.4 Å². The third-order valence-electron chi connectivity index (χ3n) is 4.48. The Balaban J connectivity index is 1.71. The Kier molecular flexibility index (Phi) is 6.44. The predicted octanol–water partition coefficient (Wildman–Crippen LogP) is 5.26. The van der Waals surface area contributed by atoms with E-state index in [1.165, 1.54) is 17.7 Å². The van der Waals surface area contributed by atoms with Crippen LogP contribution in [0.25, 0.3) is 0 Å². The van der Waals surface area contributed by atoms with Gasteiger partial charge < -0.3 is 14.8 Å². The molecule has 0 amide bonds. The zero-order chi connectivity index (χ0) is 19.1. The molecule has 0 saturated heterocycles. The fourth-order valence-corrected chi connectivity index (χ4v) is 2.88. The van der Waals surface area contributed by atoms with E-state index in [9.17, 15) is 4.39 Å². The average molecular weight is 365 g/mol. The van der Waals surface area contributed by atoms with Crippen LogP contribution in [0.4, 0.5) is 4.39 Å². The van der Waals surface area contributed by atoms with Gasteiger partial charge in [-0.05, 0) is 36.2 Å². The maximum Gasteiger partial charge on any atom is 0.166 e. The number of para-hydroxylation sites is 1. The zero-order valence-corrected chi connectivity index (χ0v) is 15.6. The predicted molar refractivity (Wildman–Crippen MR) is 105 cm³/mol. The SMILES string of the molecule is COc1cccc(CN[C@H](C)c2ccccc2)c1OCc1ccc(F)cc1. The van der Waals surface area contributed by atoms with Crippen molar-refractivity contribution in [2.75, 3.05) is 7.11 Å². The Morgan fingerprint density at radius 2 is 1.67 bits per heavy atom. The summed E-state index contributed by atoms with van der Waals surface area (Å²) >= 11 is 0. The Morgan fingerprint density at radius 1 is 0.926 bits per heavy atom. The molecule has 0 aliphatic heterocycles. The zero-order valence-electron chi connectivity index (χ0n) is 15.6. The second-order valence-corrected chi connectivity index (χ2v) is 6.38. The lowest BCUT2D eigenvalue weighted by atomic mass is 10.1. The van der Waals surface area contributed by atoms with Gasteiger partial charge in [-0.25, -0.2) is 4.39 Å². The third kappa shape index (κ3) is 5.08. The molecule has 4 heteroatoms. The van der Waals surface area contributed by atoms with Crippen molar-refractivity contribution in [2.45, 2.75) is 26.1 Å². The Labute approximate surface area is 159 Å². The molecular weight excluding hydrogens is 341 g/mol. The molecule has 3 rings (SSSR count). The fraction of sp³-hybridized carbons (Fsp3) is 0.217. The van der Waals surface area contributed by atoms with Crippen LogP contribution in [0.3, 0.4) is 0 Å². The summed E-state index contributed by atoms with van der Waals surface area (Å²) in [7, 11) is 1.63. The second kappa shape index (κ2) is 9.19. The molecule has 0 aliphatic carbocycles. The van der Waals surface area contributed by atoms with E-state index >= 15 is 0 Å². The molecule has 0 fully saturated rings. The number of hydrogen-bond donors (Lipinski definition) is 1. The maximum atomic E-state index is 13.1. The molecule has 3 nitrogen and oxygen atoms in total. The molecule has 1 N–H and O–H groups in total. The highest BCUT2D eigenvalue weighted by Gasteiger charge is 2.12. The van der Waals surface area contributed by atoms with E-state index in [2.05, 4.69) is 24.4 Å². The molecule has 0 unspecified atom stereocenters. The van der Waals surface area contributed by atoms with Gasteiger partial charge >= 0.3 is 0 Å². The minimum Gasteiger partial charge on any atom is -0.493 e. The first-order chi connectivity index (χ1) is 13.2. The smallest absolute Gasteiger partial charge is 0.166 e. The third-order valence-corrected chi connectivity index (χ3v) is 4.48. The van der Waals surface area contributed by atoms with Crippen LogP contribution < -0.4 is 14.8 Å². The number of halogens is 1. The highest BCUT2D eigenvalue weighted by atomic mass is 19.1. The Hall–Kier alpha value is -2.85. The van der Waals surface area contributed by atoms with Gasteiger partial charge in [0.1, 0.15) is 12.4 Å². The number of benzene rings is 3. The van der Waals surface area contributed by atoms with Crippen molar-refractivity contribution in [3.05, 3.63) is 95.3 Å². The second-order valence-electron chi connectivity index (χ2n) is 6.38. The van der Waals surface area contributed by atoms with E-state index in [4.69, 9.17) is 9.47 Å². The van der Waals surface area contributed by atoms with E-state index in [0.29, 0.717) is 24.7 Å². The van der Waals surface area contributed by atoms with Crippen molar-refractivity contribution in [2.24, 2.45) is 0 Å². The summed E-state index contributed by atoms with van der Waals surface area (Å²) in [6.45, 7) is 3.13. The molecule has 27 heavy (non-hydrogen) atoms. The molecule has 0 heterocycles. The van der Waals surface area contributed by atoms with E-state index in [-0.39, 0.29) is 11.9 Å². The summed E-state index contributed by atoms with van der Waals surface area (Å²) in [4.78, 5) is 0. The van der Waals surface area contributed by atoms with Gasteiger partial charge in [0, 0.05) is 18.2 Å². The van der Waals surface area contributed by atoms with Gasteiger partial charge in [-0.3, -0.25) is 0 Å². The first kappa shape index (κ1) is 18.9. The first-order valence-corrected chi connectivity index (χ1v) is 8.99. The number of rotatable bonds is 8. The van der Waals surface area contributed by atoms with Crippen LogP contribution in [-0.2, 0) is 13.2 Å². The molecule has 0 aromatic heterocycles. The normalized spacial score (nSPS) is 11.8. The molecule has 0 bridgehead atoms. The van der Waals surface area contributed by atoms with Crippen LogP contribution in [-0.4, -0.2) is 7.11 Å². The van der Waals surface area contributed by atoms with Crippen LogP contribution in [0.2, 0.25) is 0 Å². The topological polar surface area (TPSA) is 30.5 Å². The highest BCUT2D eigenvalue weighted by Crippen LogP contribution is 2.32. The standard InChI is InChI=1S/C23H24FNO2/c1-17(19-7-4-3-5-8-19)25-15-20-9-6-10-22(26-2)23(20)27-16-18-11-13-21(24)14-12-18/h3-14,17,25H,15-16H2,1-2H3/t17-/m1/s1. The van der Waals surface area contributed by atoms with Crippen molar-refractivity contribution in [3.63, 3.8) is 0 Å². The number of nitrogens with one attached hydrogen (secondary N) is 1. The lowest BCUT2D eigenvalue weighted by molar-refractivity contribution is 0.280. The molecule has 1 atom stereocenters. The maximum absolute atomic E-state index is 13.1. The molecular formula is C23H24FNO2. The summed E-state index contributed by atoms with van der Waals surface area (Å²) in [6.07, 6.45) is 0. The van der Waals surface area contributed by atoms with E-state index in [0.717, 1.165) is 11.1 Å². The molecule has 0 saturated carbocycles.